The second-order valence-corrected chi connectivity index (χ2v) is 7.97. The van der Waals surface area contributed by atoms with Crippen LogP contribution < -0.4 is 16.0 Å². The maximum Gasteiger partial charge on any atom is 0.262 e. The van der Waals surface area contributed by atoms with E-state index in [1.807, 2.05) is 7.05 Å². The molecule has 9 nitrogen and oxygen atoms in total. The minimum absolute atomic E-state index is 0.108. The first-order valence-electron chi connectivity index (χ1n) is 10.4. The van der Waals surface area contributed by atoms with Crippen molar-refractivity contribution in [3.63, 3.8) is 0 Å². The summed E-state index contributed by atoms with van der Waals surface area (Å²) < 4.78 is 5.80. The fourth-order valence-corrected chi connectivity index (χ4v) is 4.12. The third-order valence-corrected chi connectivity index (χ3v) is 5.83. The number of imide groups is 2. The van der Waals surface area contributed by atoms with Crippen LogP contribution in [-0.4, -0.2) is 66.9 Å². The molecule has 1 atom stereocenters. The number of hydrogen-bond acceptors (Lipinski definition) is 7. The lowest BCUT2D eigenvalue weighted by molar-refractivity contribution is -0.136. The van der Waals surface area contributed by atoms with E-state index in [0.29, 0.717) is 0 Å². The van der Waals surface area contributed by atoms with Gasteiger partial charge in [0, 0.05) is 24.8 Å². The van der Waals surface area contributed by atoms with Gasteiger partial charge in [-0.2, -0.15) is 0 Å². The van der Waals surface area contributed by atoms with E-state index in [0.717, 1.165) is 43.0 Å². The van der Waals surface area contributed by atoms with Crippen LogP contribution in [0.2, 0.25) is 0 Å². The van der Waals surface area contributed by atoms with Crippen molar-refractivity contribution in [2.45, 2.75) is 50.3 Å². The molecule has 0 radical (unpaired) electrons. The van der Waals surface area contributed by atoms with Crippen molar-refractivity contribution in [2.24, 2.45) is 0 Å². The second kappa shape index (κ2) is 8.53. The fourth-order valence-electron chi connectivity index (χ4n) is 4.12. The molecule has 1 saturated carbocycles. The van der Waals surface area contributed by atoms with E-state index in [1.165, 1.54) is 0 Å². The first kappa shape index (κ1) is 20.5. The summed E-state index contributed by atoms with van der Waals surface area (Å²) in [5.41, 5.74) is 1.34. The predicted molar refractivity (Wildman–Crippen MR) is 108 cm³/mol. The molecule has 30 heavy (non-hydrogen) atoms. The highest BCUT2D eigenvalue weighted by molar-refractivity contribution is 6.23. The lowest BCUT2D eigenvalue weighted by atomic mass is 9.89. The zero-order valence-corrected chi connectivity index (χ0v) is 16.9. The van der Waals surface area contributed by atoms with Crippen molar-refractivity contribution in [1.82, 2.24) is 15.5 Å². The second-order valence-electron chi connectivity index (χ2n) is 7.97. The Morgan fingerprint density at radius 1 is 1.13 bits per heavy atom. The van der Waals surface area contributed by atoms with Crippen LogP contribution in [0.25, 0.3) is 0 Å². The first-order chi connectivity index (χ1) is 14.5. The van der Waals surface area contributed by atoms with Gasteiger partial charge in [0.25, 0.3) is 11.8 Å². The van der Waals surface area contributed by atoms with Gasteiger partial charge in [-0.25, -0.2) is 0 Å². The monoisotopic (exact) mass is 414 g/mol. The van der Waals surface area contributed by atoms with Crippen molar-refractivity contribution < 1.29 is 23.9 Å². The molecule has 2 aliphatic heterocycles. The van der Waals surface area contributed by atoms with Crippen LogP contribution in [0, 0.1) is 0 Å². The first-order valence-corrected chi connectivity index (χ1v) is 10.4. The lowest BCUT2D eigenvalue weighted by Crippen LogP contribution is -2.54. The SMILES string of the molecule is CNCCCO[C@H]1C[C@H](Nc2ccc3c(c2)C(=O)N(C2CCC(=O)NC2=O)C3=O)C1. The van der Waals surface area contributed by atoms with Gasteiger partial charge in [-0.05, 0) is 57.5 Å². The third-order valence-electron chi connectivity index (χ3n) is 5.83. The topological polar surface area (TPSA) is 117 Å². The van der Waals surface area contributed by atoms with Gasteiger partial charge in [0.05, 0.1) is 17.2 Å². The predicted octanol–water partition coefficient (Wildman–Crippen LogP) is 0.657. The maximum atomic E-state index is 12.9. The highest BCUT2D eigenvalue weighted by Gasteiger charge is 2.44. The molecule has 2 fully saturated rings. The molecule has 2 heterocycles. The highest BCUT2D eigenvalue weighted by atomic mass is 16.5. The van der Waals surface area contributed by atoms with Crippen molar-refractivity contribution in [1.29, 1.82) is 0 Å². The summed E-state index contributed by atoms with van der Waals surface area (Å²) in [5.74, 6) is -1.97. The van der Waals surface area contributed by atoms with Crippen molar-refractivity contribution in [2.75, 3.05) is 25.5 Å². The van der Waals surface area contributed by atoms with E-state index >= 15 is 0 Å². The normalized spacial score (nSPS) is 25.8. The largest absolute Gasteiger partial charge is 0.382 e. The number of nitrogens with zero attached hydrogens (tertiary/aromatic N) is 1. The molecular formula is C21H26N4O5. The molecule has 1 aliphatic carbocycles. The van der Waals surface area contributed by atoms with E-state index < -0.39 is 23.8 Å². The van der Waals surface area contributed by atoms with E-state index in [9.17, 15) is 19.2 Å². The molecule has 1 unspecified atom stereocenters. The molecule has 1 saturated heterocycles. The number of hydrogen-bond donors (Lipinski definition) is 3. The van der Waals surface area contributed by atoms with E-state index in [1.54, 1.807) is 18.2 Å². The third kappa shape index (κ3) is 3.95. The Balaban J connectivity index is 1.36. The number of benzene rings is 1. The van der Waals surface area contributed by atoms with E-state index in [-0.39, 0.29) is 42.0 Å². The summed E-state index contributed by atoms with van der Waals surface area (Å²) in [6, 6.07) is 4.38. The van der Waals surface area contributed by atoms with Crippen molar-refractivity contribution >= 4 is 29.3 Å². The molecule has 9 heteroatoms. The smallest absolute Gasteiger partial charge is 0.262 e. The standard InChI is InChI=1S/C21H26N4O5/c1-22-7-2-8-30-14-9-13(10-14)23-12-3-4-15-16(11-12)21(29)25(20(15)28)17-5-6-18(26)24-19(17)27/h3-4,11,13-14,17,22-23H,2,5-10H2,1H3,(H,24,26,27)/t13-,14-,17?. The number of rotatable bonds is 8. The minimum atomic E-state index is -0.945. The molecule has 0 bridgehead atoms. The number of amides is 4. The Morgan fingerprint density at radius 2 is 1.90 bits per heavy atom. The summed E-state index contributed by atoms with van der Waals surface area (Å²) in [4.78, 5) is 50.1. The Morgan fingerprint density at radius 3 is 2.63 bits per heavy atom. The Hall–Kier alpha value is -2.78. The average Bonchev–Trinajstić information content (AvgIpc) is 2.93. The number of carbonyl (C=O) groups excluding carboxylic acids is 4. The van der Waals surface area contributed by atoms with Gasteiger partial charge in [0.2, 0.25) is 11.8 Å². The summed E-state index contributed by atoms with van der Waals surface area (Å²) in [7, 11) is 1.92. The van der Waals surface area contributed by atoms with Crippen LogP contribution in [-0.2, 0) is 14.3 Å². The van der Waals surface area contributed by atoms with Crippen molar-refractivity contribution in [3.05, 3.63) is 29.3 Å². The number of ether oxygens (including phenoxy) is 1. The molecule has 1 aromatic carbocycles. The Bertz CT molecular complexity index is 880. The fraction of sp³-hybridized carbons (Fsp3) is 0.524. The van der Waals surface area contributed by atoms with Crippen LogP contribution in [0.4, 0.5) is 5.69 Å². The zero-order chi connectivity index (χ0) is 21.3. The Labute approximate surface area is 174 Å². The molecule has 4 amide bonds. The van der Waals surface area contributed by atoms with Crippen LogP contribution in [0.3, 0.4) is 0 Å². The molecule has 3 aliphatic rings. The van der Waals surface area contributed by atoms with Gasteiger partial charge in [0.1, 0.15) is 6.04 Å². The van der Waals surface area contributed by atoms with Crippen LogP contribution in [0.1, 0.15) is 52.8 Å². The highest BCUT2D eigenvalue weighted by Crippen LogP contribution is 2.32. The lowest BCUT2D eigenvalue weighted by Gasteiger charge is -2.36. The van der Waals surface area contributed by atoms with E-state index in [4.69, 9.17) is 4.74 Å². The molecule has 160 valence electrons. The van der Waals surface area contributed by atoms with Gasteiger partial charge in [-0.3, -0.25) is 29.4 Å². The number of carbonyl (C=O) groups is 4. The average molecular weight is 414 g/mol. The summed E-state index contributed by atoms with van der Waals surface area (Å²) in [5, 5.41) is 8.68. The maximum absolute atomic E-state index is 12.9. The number of anilines is 1. The Kier molecular flexibility index (Phi) is 5.83. The van der Waals surface area contributed by atoms with Gasteiger partial charge < -0.3 is 15.4 Å². The number of piperidine rings is 1. The molecule has 0 spiro atoms. The minimum Gasteiger partial charge on any atom is -0.382 e. The van der Waals surface area contributed by atoms with Gasteiger partial charge >= 0.3 is 0 Å². The van der Waals surface area contributed by atoms with Crippen LogP contribution >= 0.6 is 0 Å². The summed E-state index contributed by atoms with van der Waals surface area (Å²) in [6.45, 7) is 1.68. The van der Waals surface area contributed by atoms with E-state index in [2.05, 4.69) is 16.0 Å². The number of nitrogens with one attached hydrogen (secondary N) is 3. The molecule has 1 aromatic rings. The van der Waals surface area contributed by atoms with Gasteiger partial charge in [-0.1, -0.05) is 0 Å². The number of fused-ring (bicyclic) bond motifs is 1. The molecular weight excluding hydrogens is 388 g/mol. The van der Waals surface area contributed by atoms with Crippen LogP contribution in [0.15, 0.2) is 18.2 Å². The van der Waals surface area contributed by atoms with Crippen LogP contribution in [0.5, 0.6) is 0 Å². The van der Waals surface area contributed by atoms with Gasteiger partial charge in [0.15, 0.2) is 0 Å². The summed E-state index contributed by atoms with van der Waals surface area (Å²) in [6.07, 6.45) is 3.28. The van der Waals surface area contributed by atoms with Gasteiger partial charge in [-0.15, -0.1) is 0 Å². The zero-order valence-electron chi connectivity index (χ0n) is 16.9. The molecule has 3 N–H and O–H groups in total. The summed E-state index contributed by atoms with van der Waals surface area (Å²) >= 11 is 0. The molecule has 0 aromatic heterocycles. The quantitative estimate of drug-likeness (QED) is 0.423. The van der Waals surface area contributed by atoms with Crippen molar-refractivity contribution in [3.8, 4) is 0 Å². The molecule has 4 rings (SSSR count).